The van der Waals surface area contributed by atoms with Gasteiger partial charge < -0.3 is 21.3 Å². The fraction of sp³-hybridized carbons (Fsp3) is 0.273. The van der Waals surface area contributed by atoms with Crippen LogP contribution in [0.3, 0.4) is 0 Å². The van der Waals surface area contributed by atoms with Gasteiger partial charge in [0.25, 0.3) is 0 Å². The van der Waals surface area contributed by atoms with Gasteiger partial charge >= 0.3 is 0 Å². The summed E-state index contributed by atoms with van der Waals surface area (Å²) in [6.45, 7) is 2.16. The van der Waals surface area contributed by atoms with Crippen molar-refractivity contribution in [1.82, 2.24) is 15.1 Å². The highest BCUT2D eigenvalue weighted by atomic mass is 35.5. The van der Waals surface area contributed by atoms with Crippen LogP contribution >= 0.6 is 11.6 Å². The van der Waals surface area contributed by atoms with Crippen LogP contribution in [-0.4, -0.2) is 59.1 Å². The SMILES string of the molecule is NC(=O)CC(N)C(=O)N1CCN(c2nnc(-c3ccc(Cl)cc3)c3ccccc23)CC1. The maximum Gasteiger partial charge on any atom is 0.240 e. The fourth-order valence-electron chi connectivity index (χ4n) is 3.82. The first-order valence-electron chi connectivity index (χ1n) is 10.0. The average molecular weight is 439 g/mol. The van der Waals surface area contributed by atoms with Gasteiger partial charge in [0.15, 0.2) is 5.82 Å². The number of rotatable bonds is 5. The molecule has 31 heavy (non-hydrogen) atoms. The number of anilines is 1. The number of piperazine rings is 1. The molecule has 1 aliphatic rings. The lowest BCUT2D eigenvalue weighted by atomic mass is 10.0. The van der Waals surface area contributed by atoms with Crippen LogP contribution in [-0.2, 0) is 9.59 Å². The van der Waals surface area contributed by atoms with Gasteiger partial charge in [-0.25, -0.2) is 0 Å². The van der Waals surface area contributed by atoms with Crippen molar-refractivity contribution >= 4 is 40.0 Å². The van der Waals surface area contributed by atoms with Gasteiger partial charge in [0, 0.05) is 47.5 Å². The summed E-state index contributed by atoms with van der Waals surface area (Å²) >= 11 is 6.02. The standard InChI is InChI=1S/C22H23ClN6O2/c23-15-7-5-14(6-8-15)20-16-3-1-2-4-17(16)21(27-26-20)28-9-11-29(12-10-28)22(31)18(24)13-19(25)30/h1-8,18H,9-13,24H2,(H2,25,30). The number of carbonyl (C=O) groups excluding carboxylic acids is 2. The van der Waals surface area contributed by atoms with Gasteiger partial charge in [0.2, 0.25) is 11.8 Å². The van der Waals surface area contributed by atoms with Crippen molar-refractivity contribution in [3.8, 4) is 11.3 Å². The number of halogens is 1. The van der Waals surface area contributed by atoms with Gasteiger partial charge in [0.05, 0.1) is 12.5 Å². The van der Waals surface area contributed by atoms with E-state index < -0.39 is 11.9 Å². The van der Waals surface area contributed by atoms with Gasteiger partial charge in [-0.2, -0.15) is 0 Å². The third-order valence-electron chi connectivity index (χ3n) is 5.41. The van der Waals surface area contributed by atoms with Crippen LogP contribution in [0.5, 0.6) is 0 Å². The smallest absolute Gasteiger partial charge is 0.240 e. The Labute approximate surface area is 184 Å². The molecule has 9 heteroatoms. The predicted molar refractivity (Wildman–Crippen MR) is 121 cm³/mol. The van der Waals surface area contributed by atoms with Crippen LogP contribution < -0.4 is 16.4 Å². The second kappa shape index (κ2) is 8.87. The molecule has 4 rings (SSSR count). The number of nitrogens with zero attached hydrogens (tertiary/aromatic N) is 4. The van der Waals surface area contributed by atoms with E-state index >= 15 is 0 Å². The summed E-state index contributed by atoms with van der Waals surface area (Å²) in [6, 6.07) is 14.6. The normalized spacial score (nSPS) is 15.2. The van der Waals surface area contributed by atoms with Crippen LogP contribution in [0.4, 0.5) is 5.82 Å². The third kappa shape index (κ3) is 4.45. The minimum Gasteiger partial charge on any atom is -0.370 e. The van der Waals surface area contributed by atoms with E-state index in [4.69, 9.17) is 23.1 Å². The first-order chi connectivity index (χ1) is 14.9. The lowest BCUT2D eigenvalue weighted by Crippen LogP contribution is -2.54. The molecule has 3 aromatic rings. The topological polar surface area (TPSA) is 118 Å². The number of primary amides is 1. The number of carbonyl (C=O) groups is 2. The van der Waals surface area contributed by atoms with Crippen molar-refractivity contribution in [3.05, 3.63) is 53.6 Å². The summed E-state index contributed by atoms with van der Waals surface area (Å²) < 4.78 is 0. The maximum atomic E-state index is 12.5. The first kappa shape index (κ1) is 21.0. The van der Waals surface area contributed by atoms with E-state index in [0.717, 1.165) is 27.8 Å². The predicted octanol–water partition coefficient (Wildman–Crippen LogP) is 1.80. The lowest BCUT2D eigenvalue weighted by molar-refractivity contribution is -0.134. The number of hydrogen-bond acceptors (Lipinski definition) is 6. The van der Waals surface area contributed by atoms with E-state index in [-0.39, 0.29) is 12.3 Å². The summed E-state index contributed by atoms with van der Waals surface area (Å²) in [4.78, 5) is 27.3. The quantitative estimate of drug-likeness (QED) is 0.627. The number of nitrogens with two attached hydrogens (primary N) is 2. The highest BCUT2D eigenvalue weighted by Crippen LogP contribution is 2.32. The van der Waals surface area contributed by atoms with Crippen molar-refractivity contribution in [2.24, 2.45) is 11.5 Å². The van der Waals surface area contributed by atoms with Crippen molar-refractivity contribution in [3.63, 3.8) is 0 Å². The molecule has 0 spiro atoms. The summed E-state index contributed by atoms with van der Waals surface area (Å²) in [5, 5.41) is 11.7. The minimum atomic E-state index is -0.900. The van der Waals surface area contributed by atoms with Gasteiger partial charge in [-0.15, -0.1) is 10.2 Å². The molecule has 2 amide bonds. The molecular weight excluding hydrogens is 416 g/mol. The van der Waals surface area contributed by atoms with Gasteiger partial charge in [-0.3, -0.25) is 9.59 Å². The highest BCUT2D eigenvalue weighted by molar-refractivity contribution is 6.30. The van der Waals surface area contributed by atoms with E-state index in [1.165, 1.54) is 0 Å². The molecule has 160 valence electrons. The minimum absolute atomic E-state index is 0.151. The fourth-order valence-corrected chi connectivity index (χ4v) is 3.95. The summed E-state index contributed by atoms with van der Waals surface area (Å²) in [5.74, 6) is -0.0590. The zero-order valence-electron chi connectivity index (χ0n) is 16.9. The Morgan fingerprint density at radius 3 is 2.26 bits per heavy atom. The number of aromatic nitrogens is 2. The Balaban J connectivity index is 1.56. The van der Waals surface area contributed by atoms with Gasteiger partial charge in [-0.05, 0) is 12.1 Å². The Kier molecular flexibility index (Phi) is 6.01. The number of amides is 2. The van der Waals surface area contributed by atoms with Crippen LogP contribution in [0.25, 0.3) is 22.0 Å². The molecule has 0 aliphatic carbocycles. The monoisotopic (exact) mass is 438 g/mol. The molecule has 1 aliphatic heterocycles. The molecule has 1 atom stereocenters. The Morgan fingerprint density at radius 2 is 1.61 bits per heavy atom. The first-order valence-corrected chi connectivity index (χ1v) is 10.4. The van der Waals surface area contributed by atoms with Crippen molar-refractivity contribution in [2.75, 3.05) is 31.1 Å². The molecule has 0 radical (unpaired) electrons. The Bertz CT molecular complexity index is 1110. The zero-order chi connectivity index (χ0) is 22.0. The molecule has 8 nitrogen and oxygen atoms in total. The van der Waals surface area contributed by atoms with Crippen LogP contribution in [0.15, 0.2) is 48.5 Å². The Hall–Kier alpha value is -3.23. The van der Waals surface area contributed by atoms with Gasteiger partial charge in [-0.1, -0.05) is 48.0 Å². The number of hydrogen-bond donors (Lipinski definition) is 2. The van der Waals surface area contributed by atoms with E-state index in [0.29, 0.717) is 31.2 Å². The van der Waals surface area contributed by atoms with Crippen LogP contribution in [0, 0.1) is 0 Å². The second-order valence-corrected chi connectivity index (χ2v) is 7.95. The molecule has 1 aromatic heterocycles. The van der Waals surface area contributed by atoms with Gasteiger partial charge in [0.1, 0.15) is 5.69 Å². The van der Waals surface area contributed by atoms with Crippen molar-refractivity contribution < 1.29 is 9.59 Å². The average Bonchev–Trinajstić information content (AvgIpc) is 2.78. The molecule has 1 saturated heterocycles. The number of fused-ring (bicyclic) bond motifs is 1. The number of benzene rings is 2. The van der Waals surface area contributed by atoms with Crippen LogP contribution in [0.2, 0.25) is 5.02 Å². The molecule has 0 saturated carbocycles. The third-order valence-corrected chi connectivity index (χ3v) is 5.67. The van der Waals surface area contributed by atoms with E-state index in [1.807, 2.05) is 48.5 Å². The van der Waals surface area contributed by atoms with E-state index in [1.54, 1.807) is 4.90 Å². The summed E-state index contributed by atoms with van der Waals surface area (Å²) in [6.07, 6.45) is -0.151. The molecular formula is C22H23ClN6O2. The highest BCUT2D eigenvalue weighted by Gasteiger charge is 2.27. The van der Waals surface area contributed by atoms with Crippen LogP contribution in [0.1, 0.15) is 6.42 Å². The Morgan fingerprint density at radius 1 is 0.968 bits per heavy atom. The zero-order valence-corrected chi connectivity index (χ0v) is 17.6. The summed E-state index contributed by atoms with van der Waals surface area (Å²) in [7, 11) is 0. The lowest BCUT2D eigenvalue weighted by Gasteiger charge is -2.36. The maximum absolute atomic E-state index is 12.5. The molecule has 1 fully saturated rings. The summed E-state index contributed by atoms with van der Waals surface area (Å²) in [5.41, 5.74) is 12.7. The van der Waals surface area contributed by atoms with Crippen molar-refractivity contribution in [2.45, 2.75) is 12.5 Å². The molecule has 4 N–H and O–H groups in total. The van der Waals surface area contributed by atoms with E-state index in [2.05, 4.69) is 15.1 Å². The largest absolute Gasteiger partial charge is 0.370 e. The molecule has 2 aromatic carbocycles. The molecule has 2 heterocycles. The second-order valence-electron chi connectivity index (χ2n) is 7.51. The van der Waals surface area contributed by atoms with Crippen molar-refractivity contribution in [1.29, 1.82) is 0 Å². The van der Waals surface area contributed by atoms with E-state index in [9.17, 15) is 9.59 Å². The molecule has 0 bridgehead atoms. The molecule has 1 unspecified atom stereocenters.